The number of hydrogen-bond acceptors (Lipinski definition) is 5. The van der Waals surface area contributed by atoms with Crippen LogP contribution in [0.15, 0.2) is 18.5 Å². The Kier molecular flexibility index (Phi) is 6.95. The second-order valence-corrected chi connectivity index (χ2v) is 8.80. The highest BCUT2D eigenvalue weighted by Gasteiger charge is 2.20. The highest BCUT2D eigenvalue weighted by molar-refractivity contribution is 9.13. The van der Waals surface area contributed by atoms with Crippen LogP contribution >= 0.6 is 43.2 Å². The number of halogens is 2. The second kappa shape index (κ2) is 7.72. The van der Waals surface area contributed by atoms with Gasteiger partial charge in [0.05, 0.1) is 10.4 Å². The molecule has 0 fully saturated rings. The van der Waals surface area contributed by atoms with Crippen molar-refractivity contribution in [1.82, 2.24) is 4.72 Å². The number of carbonyl (C=O) groups excluding carboxylic acids is 1. The molecule has 0 aromatic carbocycles. The summed E-state index contributed by atoms with van der Waals surface area (Å²) >= 11 is 7.49. The molecule has 0 aliphatic carbocycles. The summed E-state index contributed by atoms with van der Waals surface area (Å²) in [7, 11) is -3.68. The molecule has 5 nitrogen and oxygen atoms in total. The first-order chi connectivity index (χ1) is 8.86. The Morgan fingerprint density at radius 1 is 1.47 bits per heavy atom. The first-order valence-electron chi connectivity index (χ1n) is 5.47. The number of ether oxygens (including phenoxy) is 1. The maximum atomic E-state index is 11.9. The van der Waals surface area contributed by atoms with Gasteiger partial charge >= 0.3 is 5.97 Å². The quantitative estimate of drug-likeness (QED) is 0.528. The van der Waals surface area contributed by atoms with Gasteiger partial charge in [0.1, 0.15) is 10.8 Å². The van der Waals surface area contributed by atoms with Gasteiger partial charge in [-0.2, -0.15) is 4.72 Å². The molecule has 1 rings (SSSR count). The van der Waals surface area contributed by atoms with E-state index in [1.54, 1.807) is 0 Å². The van der Waals surface area contributed by atoms with E-state index in [0.717, 1.165) is 24.2 Å². The fourth-order valence-corrected chi connectivity index (χ4v) is 4.90. The summed E-state index contributed by atoms with van der Waals surface area (Å²) < 4.78 is 32.3. The molecule has 1 N–H and O–H groups in total. The minimum absolute atomic E-state index is 0.132. The summed E-state index contributed by atoms with van der Waals surface area (Å²) in [6.45, 7) is 1.93. The van der Waals surface area contributed by atoms with Gasteiger partial charge < -0.3 is 4.74 Å². The normalized spacial score (nSPS) is 11.5. The van der Waals surface area contributed by atoms with Crippen LogP contribution in [0.25, 0.3) is 0 Å². The van der Waals surface area contributed by atoms with Gasteiger partial charge in [0.2, 0.25) is 0 Å². The molecule has 0 bridgehead atoms. The lowest BCUT2D eigenvalue weighted by molar-refractivity contribution is -0.142. The molecule has 1 aromatic rings. The van der Waals surface area contributed by atoms with Crippen molar-refractivity contribution in [1.29, 1.82) is 0 Å². The summed E-state index contributed by atoms with van der Waals surface area (Å²) in [5.74, 6) is -0.577. The van der Waals surface area contributed by atoms with E-state index in [-0.39, 0.29) is 10.8 Å². The monoisotopic (exact) mass is 433 g/mol. The van der Waals surface area contributed by atoms with Crippen molar-refractivity contribution in [2.24, 2.45) is 0 Å². The van der Waals surface area contributed by atoms with Gasteiger partial charge in [-0.1, -0.05) is 13.3 Å². The molecule has 0 aliphatic rings. The van der Waals surface area contributed by atoms with Crippen LogP contribution in [-0.4, -0.2) is 27.5 Å². The van der Waals surface area contributed by atoms with Crippen molar-refractivity contribution < 1.29 is 17.9 Å². The first kappa shape index (κ1) is 17.1. The molecular formula is C10H13Br2NO4S2. The third-order valence-corrected chi connectivity index (χ3v) is 7.19. The third kappa shape index (κ3) is 5.50. The molecule has 0 radical (unpaired) electrons. The van der Waals surface area contributed by atoms with Gasteiger partial charge in [-0.25, -0.2) is 8.42 Å². The molecular weight excluding hydrogens is 422 g/mol. The Morgan fingerprint density at radius 3 is 2.68 bits per heavy atom. The summed E-state index contributed by atoms with van der Waals surface area (Å²) in [6.07, 6.45) is 1.68. The molecule has 0 aliphatic heterocycles. The number of sulfonamides is 1. The average Bonchev–Trinajstić information content (AvgIpc) is 2.68. The number of hydrogen-bond donors (Lipinski definition) is 1. The van der Waals surface area contributed by atoms with Gasteiger partial charge in [0.15, 0.2) is 0 Å². The molecule has 108 valence electrons. The van der Waals surface area contributed by atoms with Crippen LogP contribution in [0, 0.1) is 0 Å². The highest BCUT2D eigenvalue weighted by Crippen LogP contribution is 2.34. The fourth-order valence-electron chi connectivity index (χ4n) is 1.07. The van der Waals surface area contributed by atoms with Crippen LogP contribution in [-0.2, 0) is 19.6 Å². The largest absolute Gasteiger partial charge is 0.465 e. The number of thiophene rings is 1. The van der Waals surface area contributed by atoms with Gasteiger partial charge in [-0.05, 0) is 44.3 Å². The first-order valence-corrected chi connectivity index (χ1v) is 9.35. The van der Waals surface area contributed by atoms with Crippen molar-refractivity contribution in [2.45, 2.75) is 24.0 Å². The standard InChI is InChI=1S/C10H13Br2NO4S2/c1-2-3-4-17-8(14)6-13-19(15,16)9-5-7(11)10(12)18-9/h5,13H,2-4,6H2,1H3. The van der Waals surface area contributed by atoms with Crippen LogP contribution in [0.2, 0.25) is 0 Å². The topological polar surface area (TPSA) is 72.5 Å². The maximum Gasteiger partial charge on any atom is 0.321 e. The van der Waals surface area contributed by atoms with Crippen LogP contribution in [0.4, 0.5) is 0 Å². The molecule has 0 spiro atoms. The number of nitrogens with one attached hydrogen (secondary N) is 1. The van der Waals surface area contributed by atoms with Crippen LogP contribution in [0.1, 0.15) is 19.8 Å². The van der Waals surface area contributed by atoms with E-state index in [0.29, 0.717) is 14.9 Å². The van der Waals surface area contributed by atoms with E-state index in [9.17, 15) is 13.2 Å². The Bertz CT molecular complexity index is 522. The third-order valence-electron chi connectivity index (χ3n) is 2.05. The molecule has 0 saturated heterocycles. The predicted molar refractivity (Wildman–Crippen MR) is 80.8 cm³/mol. The van der Waals surface area contributed by atoms with Crippen molar-refractivity contribution in [3.05, 3.63) is 14.3 Å². The molecule has 0 unspecified atom stereocenters. The Hall–Kier alpha value is 0.0400. The molecule has 0 atom stereocenters. The maximum absolute atomic E-state index is 11.9. The van der Waals surface area contributed by atoms with Crippen molar-refractivity contribution in [3.63, 3.8) is 0 Å². The van der Waals surface area contributed by atoms with Gasteiger partial charge in [0.25, 0.3) is 10.0 Å². The molecule has 0 saturated carbocycles. The number of esters is 1. The van der Waals surface area contributed by atoms with E-state index < -0.39 is 16.0 Å². The summed E-state index contributed by atoms with van der Waals surface area (Å²) in [5, 5.41) is 0. The smallest absolute Gasteiger partial charge is 0.321 e. The zero-order valence-electron chi connectivity index (χ0n) is 10.1. The van der Waals surface area contributed by atoms with Crippen molar-refractivity contribution in [3.8, 4) is 0 Å². The number of carbonyl (C=O) groups is 1. The molecule has 9 heteroatoms. The van der Waals surface area contributed by atoms with Crippen LogP contribution in [0.3, 0.4) is 0 Å². The zero-order chi connectivity index (χ0) is 14.5. The van der Waals surface area contributed by atoms with Crippen LogP contribution < -0.4 is 4.72 Å². The SMILES string of the molecule is CCCCOC(=O)CNS(=O)(=O)c1cc(Br)c(Br)s1. The van der Waals surface area contributed by atoms with E-state index in [4.69, 9.17) is 4.74 Å². The summed E-state index contributed by atoms with van der Waals surface area (Å²) in [4.78, 5) is 11.3. The van der Waals surface area contributed by atoms with Crippen molar-refractivity contribution >= 4 is 59.2 Å². The molecule has 1 aromatic heterocycles. The van der Waals surface area contributed by atoms with E-state index in [1.807, 2.05) is 6.92 Å². The summed E-state index contributed by atoms with van der Waals surface area (Å²) in [5.41, 5.74) is 0. The predicted octanol–water partition coefficient (Wildman–Crippen LogP) is 2.89. The van der Waals surface area contributed by atoms with E-state index in [2.05, 4.69) is 36.6 Å². The minimum atomic E-state index is -3.68. The molecule has 19 heavy (non-hydrogen) atoms. The van der Waals surface area contributed by atoms with Crippen molar-refractivity contribution in [2.75, 3.05) is 13.2 Å². The zero-order valence-corrected chi connectivity index (χ0v) is 14.9. The number of rotatable bonds is 7. The molecule has 1 heterocycles. The fraction of sp³-hybridized carbons (Fsp3) is 0.500. The van der Waals surface area contributed by atoms with Gasteiger partial charge in [-0.15, -0.1) is 11.3 Å². The van der Waals surface area contributed by atoms with Gasteiger partial charge in [0, 0.05) is 4.47 Å². The van der Waals surface area contributed by atoms with E-state index >= 15 is 0 Å². The lowest BCUT2D eigenvalue weighted by Gasteiger charge is -2.05. The highest BCUT2D eigenvalue weighted by atomic mass is 79.9. The number of unbranched alkanes of at least 4 members (excludes halogenated alkanes) is 1. The Morgan fingerprint density at radius 2 is 2.16 bits per heavy atom. The Labute approximate surface area is 133 Å². The average molecular weight is 435 g/mol. The van der Waals surface area contributed by atoms with E-state index in [1.165, 1.54) is 6.07 Å². The second-order valence-electron chi connectivity index (χ2n) is 3.59. The minimum Gasteiger partial charge on any atom is -0.465 e. The van der Waals surface area contributed by atoms with Gasteiger partial charge in [-0.3, -0.25) is 4.79 Å². The lowest BCUT2D eigenvalue weighted by Crippen LogP contribution is -2.30. The summed E-state index contributed by atoms with van der Waals surface area (Å²) in [6, 6.07) is 1.47. The van der Waals surface area contributed by atoms with Crippen LogP contribution in [0.5, 0.6) is 0 Å². The Balaban J connectivity index is 2.54. The molecule has 0 amide bonds. The lowest BCUT2D eigenvalue weighted by atomic mass is 10.4.